The highest BCUT2D eigenvalue weighted by atomic mass is 16.5. The molecule has 3 rings (SSSR count). The molecule has 0 amide bonds. The Hall–Kier alpha value is -3.33. The summed E-state index contributed by atoms with van der Waals surface area (Å²) in [6.07, 6.45) is 1.96. The molecule has 0 aliphatic heterocycles. The van der Waals surface area contributed by atoms with E-state index in [9.17, 15) is 4.79 Å². The van der Waals surface area contributed by atoms with Gasteiger partial charge in [-0.3, -0.25) is 4.79 Å². The first-order valence-corrected chi connectivity index (χ1v) is 9.93. The molecule has 0 aliphatic rings. The molecular formula is C26H27NO2. The summed E-state index contributed by atoms with van der Waals surface area (Å²) >= 11 is 0. The van der Waals surface area contributed by atoms with Crippen molar-refractivity contribution in [3.8, 4) is 5.75 Å². The van der Waals surface area contributed by atoms with E-state index in [1.165, 1.54) is 0 Å². The molecule has 0 heterocycles. The van der Waals surface area contributed by atoms with Gasteiger partial charge in [0.05, 0.1) is 5.69 Å². The maximum atomic E-state index is 12.7. The van der Waals surface area contributed by atoms with Crippen molar-refractivity contribution >= 4 is 17.5 Å². The number of nitrogens with one attached hydrogen (secondary N) is 1. The van der Waals surface area contributed by atoms with E-state index in [0.29, 0.717) is 13.2 Å². The second-order valence-electron chi connectivity index (χ2n) is 7.22. The quantitative estimate of drug-likeness (QED) is 0.460. The number of rotatable bonds is 9. The Balaban J connectivity index is 1.74. The number of anilines is 1. The van der Waals surface area contributed by atoms with Crippen molar-refractivity contribution < 1.29 is 9.53 Å². The zero-order chi connectivity index (χ0) is 20.5. The van der Waals surface area contributed by atoms with Crippen molar-refractivity contribution in [2.75, 3.05) is 11.9 Å². The van der Waals surface area contributed by atoms with Gasteiger partial charge in [-0.2, -0.15) is 0 Å². The van der Waals surface area contributed by atoms with E-state index in [-0.39, 0.29) is 11.7 Å². The first-order valence-electron chi connectivity index (χ1n) is 9.93. The third kappa shape index (κ3) is 6.08. The number of Topliss-reactive ketones (excluding diaryl/α,β-unsaturated/α-hetero) is 1. The van der Waals surface area contributed by atoms with Crippen molar-refractivity contribution in [2.45, 2.75) is 20.5 Å². The first kappa shape index (κ1) is 20.4. The molecule has 29 heavy (non-hydrogen) atoms. The van der Waals surface area contributed by atoms with Gasteiger partial charge < -0.3 is 10.1 Å². The van der Waals surface area contributed by atoms with Crippen LogP contribution in [0.1, 0.15) is 25.0 Å². The number of hydrogen-bond acceptors (Lipinski definition) is 3. The molecule has 148 valence electrons. The Bertz CT molecular complexity index is 947. The molecule has 0 saturated heterocycles. The fraction of sp³-hybridized carbons (Fsp3) is 0.192. The fourth-order valence-electron chi connectivity index (χ4n) is 2.99. The average Bonchev–Trinajstić information content (AvgIpc) is 2.76. The standard InChI is InChI=1S/C26H27NO2/c1-20(2)26(28)23(17-21-11-5-3-6-12-21)18-27-24-15-9-10-16-25(24)29-19-22-13-7-4-8-14-22/h3-17,20,27H,18-19H2,1-2H3/b23-17-. The molecule has 0 fully saturated rings. The largest absolute Gasteiger partial charge is 0.487 e. The van der Waals surface area contributed by atoms with Gasteiger partial charge in [-0.1, -0.05) is 86.6 Å². The van der Waals surface area contributed by atoms with Gasteiger partial charge >= 0.3 is 0 Å². The van der Waals surface area contributed by atoms with Gasteiger partial charge in [0.1, 0.15) is 12.4 Å². The number of benzene rings is 3. The van der Waals surface area contributed by atoms with Crippen LogP contribution in [-0.4, -0.2) is 12.3 Å². The van der Waals surface area contributed by atoms with E-state index in [4.69, 9.17) is 4.74 Å². The van der Waals surface area contributed by atoms with Gasteiger partial charge in [0.2, 0.25) is 0 Å². The minimum atomic E-state index is -0.0589. The second-order valence-corrected chi connectivity index (χ2v) is 7.22. The second kappa shape index (κ2) is 10.3. The monoisotopic (exact) mass is 385 g/mol. The van der Waals surface area contributed by atoms with Crippen molar-refractivity contribution in [2.24, 2.45) is 5.92 Å². The van der Waals surface area contributed by atoms with E-state index in [0.717, 1.165) is 28.1 Å². The molecule has 0 spiro atoms. The Morgan fingerprint density at radius 2 is 1.52 bits per heavy atom. The van der Waals surface area contributed by atoms with Crippen LogP contribution in [0.25, 0.3) is 6.08 Å². The highest BCUT2D eigenvalue weighted by molar-refractivity contribution is 6.01. The predicted molar refractivity (Wildman–Crippen MR) is 120 cm³/mol. The minimum absolute atomic E-state index is 0.0589. The molecule has 0 radical (unpaired) electrons. The molecule has 0 bridgehead atoms. The predicted octanol–water partition coefficient (Wildman–Crippen LogP) is 5.99. The topological polar surface area (TPSA) is 38.3 Å². The van der Waals surface area contributed by atoms with Gasteiger partial charge in [-0.05, 0) is 29.3 Å². The van der Waals surface area contributed by atoms with E-state index in [2.05, 4.69) is 5.32 Å². The molecule has 0 unspecified atom stereocenters. The lowest BCUT2D eigenvalue weighted by Crippen LogP contribution is -2.17. The molecule has 0 aromatic heterocycles. The van der Waals surface area contributed by atoms with E-state index in [1.807, 2.05) is 105 Å². The van der Waals surface area contributed by atoms with Crippen LogP contribution in [-0.2, 0) is 11.4 Å². The van der Waals surface area contributed by atoms with Crippen molar-refractivity contribution in [3.63, 3.8) is 0 Å². The maximum absolute atomic E-state index is 12.7. The van der Waals surface area contributed by atoms with Gasteiger partial charge in [0.25, 0.3) is 0 Å². The summed E-state index contributed by atoms with van der Waals surface area (Å²) in [5, 5.41) is 3.39. The number of ketones is 1. The number of para-hydroxylation sites is 2. The molecule has 0 saturated carbocycles. The molecule has 1 N–H and O–H groups in total. The third-order valence-corrected chi connectivity index (χ3v) is 4.57. The van der Waals surface area contributed by atoms with Crippen molar-refractivity contribution in [3.05, 3.63) is 102 Å². The van der Waals surface area contributed by atoms with Gasteiger partial charge in [0, 0.05) is 18.0 Å². The van der Waals surface area contributed by atoms with Gasteiger partial charge in [0.15, 0.2) is 5.78 Å². The summed E-state index contributed by atoms with van der Waals surface area (Å²) in [5.41, 5.74) is 3.76. The Labute approximate surface area is 173 Å². The summed E-state index contributed by atoms with van der Waals surface area (Å²) in [7, 11) is 0. The Morgan fingerprint density at radius 3 is 2.21 bits per heavy atom. The Kier molecular flexibility index (Phi) is 7.23. The Morgan fingerprint density at radius 1 is 0.897 bits per heavy atom. The van der Waals surface area contributed by atoms with Crippen LogP contribution in [0, 0.1) is 5.92 Å². The van der Waals surface area contributed by atoms with Crippen LogP contribution in [0.5, 0.6) is 5.75 Å². The average molecular weight is 386 g/mol. The minimum Gasteiger partial charge on any atom is -0.487 e. The van der Waals surface area contributed by atoms with Crippen LogP contribution in [0.3, 0.4) is 0 Å². The zero-order valence-corrected chi connectivity index (χ0v) is 17.0. The summed E-state index contributed by atoms with van der Waals surface area (Å²) in [5.74, 6) is 0.854. The highest BCUT2D eigenvalue weighted by Crippen LogP contribution is 2.25. The van der Waals surface area contributed by atoms with Crippen molar-refractivity contribution in [1.29, 1.82) is 0 Å². The van der Waals surface area contributed by atoms with Crippen LogP contribution < -0.4 is 10.1 Å². The van der Waals surface area contributed by atoms with Gasteiger partial charge in [-0.25, -0.2) is 0 Å². The van der Waals surface area contributed by atoms with E-state index >= 15 is 0 Å². The molecule has 3 nitrogen and oxygen atoms in total. The van der Waals surface area contributed by atoms with Gasteiger partial charge in [-0.15, -0.1) is 0 Å². The third-order valence-electron chi connectivity index (χ3n) is 4.57. The van der Waals surface area contributed by atoms with E-state index < -0.39 is 0 Å². The number of carbonyl (C=O) groups is 1. The fourth-order valence-corrected chi connectivity index (χ4v) is 2.99. The SMILES string of the molecule is CC(C)C(=O)/C(=C\c1ccccc1)CNc1ccccc1OCc1ccccc1. The van der Waals surface area contributed by atoms with Crippen LogP contribution >= 0.6 is 0 Å². The zero-order valence-electron chi connectivity index (χ0n) is 17.0. The van der Waals surface area contributed by atoms with Crippen LogP contribution in [0.2, 0.25) is 0 Å². The smallest absolute Gasteiger partial charge is 0.163 e. The van der Waals surface area contributed by atoms with E-state index in [1.54, 1.807) is 0 Å². The summed E-state index contributed by atoms with van der Waals surface area (Å²) < 4.78 is 6.01. The lowest BCUT2D eigenvalue weighted by molar-refractivity contribution is -0.118. The van der Waals surface area contributed by atoms with Crippen LogP contribution in [0.15, 0.2) is 90.5 Å². The molecule has 3 aromatic rings. The summed E-state index contributed by atoms with van der Waals surface area (Å²) in [6, 6.07) is 27.8. The molecular weight excluding hydrogens is 358 g/mol. The summed E-state index contributed by atoms with van der Waals surface area (Å²) in [6.45, 7) is 4.80. The number of carbonyl (C=O) groups excluding carboxylic acids is 1. The number of hydrogen-bond donors (Lipinski definition) is 1. The highest BCUT2D eigenvalue weighted by Gasteiger charge is 2.14. The first-order chi connectivity index (χ1) is 14.1. The lowest BCUT2D eigenvalue weighted by atomic mass is 9.98. The lowest BCUT2D eigenvalue weighted by Gasteiger charge is -2.15. The normalized spacial score (nSPS) is 11.3. The summed E-state index contributed by atoms with van der Waals surface area (Å²) in [4.78, 5) is 12.7. The maximum Gasteiger partial charge on any atom is 0.163 e. The molecule has 3 aromatic carbocycles. The molecule has 0 aliphatic carbocycles. The molecule has 0 atom stereocenters. The molecule has 3 heteroatoms. The van der Waals surface area contributed by atoms with Crippen molar-refractivity contribution in [1.82, 2.24) is 0 Å². The van der Waals surface area contributed by atoms with Crippen LogP contribution in [0.4, 0.5) is 5.69 Å². The number of ether oxygens (including phenoxy) is 1.